The van der Waals surface area contributed by atoms with Crippen molar-refractivity contribution in [1.29, 1.82) is 0 Å². The third-order valence-electron chi connectivity index (χ3n) is 4.35. The maximum Gasteiger partial charge on any atom is 0.344 e. The Morgan fingerprint density at radius 3 is 2.55 bits per heavy atom. The number of urea groups is 1. The first-order chi connectivity index (χ1) is 13.7. The van der Waals surface area contributed by atoms with Gasteiger partial charge in [-0.2, -0.15) is 5.01 Å². The Bertz CT molecular complexity index is 970. The molecule has 2 N–H and O–H groups in total. The van der Waals surface area contributed by atoms with Crippen LogP contribution in [0.15, 0.2) is 47.4 Å². The van der Waals surface area contributed by atoms with Crippen molar-refractivity contribution in [1.82, 2.24) is 15.8 Å². The fourth-order valence-corrected chi connectivity index (χ4v) is 4.03. The van der Waals surface area contributed by atoms with Gasteiger partial charge >= 0.3 is 6.03 Å². The number of thioether (sulfide) groups is 1. The lowest BCUT2D eigenvalue weighted by Gasteiger charge is -2.22. The molecule has 0 spiro atoms. The summed E-state index contributed by atoms with van der Waals surface area (Å²) < 4.78 is 5.11. The van der Waals surface area contributed by atoms with Crippen molar-refractivity contribution in [3.8, 4) is 5.75 Å². The minimum Gasteiger partial charge on any atom is -0.497 e. The number of carbonyl (C=O) groups is 3. The molecule has 1 heterocycles. The van der Waals surface area contributed by atoms with Crippen LogP contribution >= 0.6 is 35.0 Å². The quantitative estimate of drug-likeness (QED) is 0.515. The molecule has 0 aliphatic carbocycles. The molecule has 1 aliphatic rings. The zero-order valence-electron chi connectivity index (χ0n) is 15.5. The van der Waals surface area contributed by atoms with Gasteiger partial charge in [-0.05, 0) is 42.8 Å². The van der Waals surface area contributed by atoms with Crippen LogP contribution in [0, 0.1) is 0 Å². The van der Waals surface area contributed by atoms with Gasteiger partial charge in [0.05, 0.1) is 17.9 Å². The molecule has 0 radical (unpaired) electrons. The van der Waals surface area contributed by atoms with Gasteiger partial charge in [0.2, 0.25) is 5.91 Å². The predicted molar refractivity (Wildman–Crippen MR) is 111 cm³/mol. The highest BCUT2D eigenvalue weighted by Crippen LogP contribution is 2.31. The summed E-state index contributed by atoms with van der Waals surface area (Å²) in [5.41, 5.74) is 1.60. The maximum atomic E-state index is 12.9. The van der Waals surface area contributed by atoms with Crippen molar-refractivity contribution in [2.24, 2.45) is 0 Å². The van der Waals surface area contributed by atoms with Gasteiger partial charge in [0.25, 0.3) is 5.91 Å². The molecular formula is C19H17Cl2N3O4S. The highest BCUT2D eigenvalue weighted by atomic mass is 35.5. The molecule has 0 saturated carbocycles. The number of hydrogen-bond acceptors (Lipinski definition) is 5. The standard InChI is InChI=1S/C19H17Cl2N3O4S/c1-19(11-3-6-13(28-2)7-4-11)17(26)24(18(27)22-19)23-16(25)10-29-15-9-12(20)5-8-14(15)21/h3-9H,10H2,1-2H3,(H,22,27)(H,23,25). The van der Waals surface area contributed by atoms with Crippen LogP contribution in [0.2, 0.25) is 10.0 Å². The molecule has 1 fully saturated rings. The van der Waals surface area contributed by atoms with Crippen LogP contribution in [-0.4, -0.2) is 35.7 Å². The predicted octanol–water partition coefficient (Wildman–Crippen LogP) is 3.59. The molecule has 10 heteroatoms. The van der Waals surface area contributed by atoms with E-state index in [2.05, 4.69) is 10.7 Å². The number of amides is 4. The first-order valence-electron chi connectivity index (χ1n) is 8.43. The Morgan fingerprint density at radius 2 is 1.90 bits per heavy atom. The maximum absolute atomic E-state index is 12.9. The Morgan fingerprint density at radius 1 is 1.21 bits per heavy atom. The fourth-order valence-electron chi connectivity index (χ4n) is 2.75. The molecule has 3 rings (SSSR count). The minimum atomic E-state index is -1.31. The average Bonchev–Trinajstić information content (AvgIpc) is 2.92. The Labute approximate surface area is 181 Å². The van der Waals surface area contributed by atoms with Gasteiger partial charge in [-0.3, -0.25) is 15.0 Å². The Hall–Kier alpha value is -2.42. The Balaban J connectivity index is 1.67. The van der Waals surface area contributed by atoms with Gasteiger partial charge in [-0.25, -0.2) is 4.79 Å². The van der Waals surface area contributed by atoms with Crippen LogP contribution in [0.1, 0.15) is 12.5 Å². The molecule has 7 nitrogen and oxygen atoms in total. The number of rotatable bonds is 6. The van der Waals surface area contributed by atoms with Crippen molar-refractivity contribution in [2.45, 2.75) is 17.4 Å². The van der Waals surface area contributed by atoms with E-state index < -0.39 is 23.4 Å². The van der Waals surface area contributed by atoms with Crippen LogP contribution in [0.4, 0.5) is 4.79 Å². The van der Waals surface area contributed by atoms with Gasteiger partial charge in [0.1, 0.15) is 11.3 Å². The van der Waals surface area contributed by atoms with Gasteiger partial charge in [0, 0.05) is 9.92 Å². The normalized spacial score (nSPS) is 18.6. The molecule has 0 bridgehead atoms. The average molecular weight is 454 g/mol. The van der Waals surface area contributed by atoms with E-state index >= 15 is 0 Å². The van der Waals surface area contributed by atoms with Gasteiger partial charge < -0.3 is 10.1 Å². The summed E-state index contributed by atoms with van der Waals surface area (Å²) in [6.45, 7) is 1.57. The smallest absolute Gasteiger partial charge is 0.344 e. The molecule has 152 valence electrons. The van der Waals surface area contributed by atoms with Crippen LogP contribution in [0.5, 0.6) is 5.75 Å². The number of imide groups is 1. The zero-order valence-corrected chi connectivity index (χ0v) is 17.8. The topological polar surface area (TPSA) is 87.7 Å². The largest absolute Gasteiger partial charge is 0.497 e. The summed E-state index contributed by atoms with van der Waals surface area (Å²) in [5, 5.41) is 4.24. The van der Waals surface area contributed by atoms with E-state index in [4.69, 9.17) is 27.9 Å². The number of halogens is 2. The van der Waals surface area contributed by atoms with Crippen molar-refractivity contribution >= 4 is 52.8 Å². The number of nitrogens with one attached hydrogen (secondary N) is 2. The lowest BCUT2D eigenvalue weighted by molar-refractivity contribution is -0.138. The summed E-state index contributed by atoms with van der Waals surface area (Å²) >= 11 is 13.1. The number of nitrogens with zero attached hydrogens (tertiary/aromatic N) is 1. The monoisotopic (exact) mass is 453 g/mol. The van der Waals surface area contributed by atoms with E-state index in [-0.39, 0.29) is 5.75 Å². The van der Waals surface area contributed by atoms with E-state index in [1.807, 2.05) is 0 Å². The number of carbonyl (C=O) groups excluding carboxylic acids is 3. The van der Waals surface area contributed by atoms with E-state index in [0.717, 1.165) is 11.8 Å². The molecule has 1 unspecified atom stereocenters. The van der Waals surface area contributed by atoms with E-state index in [1.165, 1.54) is 7.11 Å². The molecular weight excluding hydrogens is 437 g/mol. The summed E-state index contributed by atoms with van der Waals surface area (Å²) in [4.78, 5) is 38.1. The zero-order chi connectivity index (χ0) is 21.2. The number of methoxy groups -OCH3 is 1. The third-order valence-corrected chi connectivity index (χ3v) is 6.08. The van der Waals surface area contributed by atoms with E-state index in [1.54, 1.807) is 49.4 Å². The summed E-state index contributed by atoms with van der Waals surface area (Å²) in [6.07, 6.45) is 0. The van der Waals surface area contributed by atoms with Crippen molar-refractivity contribution in [3.05, 3.63) is 58.1 Å². The van der Waals surface area contributed by atoms with Crippen molar-refractivity contribution in [2.75, 3.05) is 12.9 Å². The highest BCUT2D eigenvalue weighted by Gasteiger charge is 2.50. The fraction of sp³-hybridized carbons (Fsp3) is 0.211. The molecule has 0 aromatic heterocycles. The molecule has 2 aromatic carbocycles. The summed E-state index contributed by atoms with van der Waals surface area (Å²) in [6, 6.07) is 10.9. The minimum absolute atomic E-state index is 0.0592. The highest BCUT2D eigenvalue weighted by molar-refractivity contribution is 8.00. The molecule has 4 amide bonds. The second-order valence-electron chi connectivity index (χ2n) is 6.32. The number of benzene rings is 2. The van der Waals surface area contributed by atoms with Gasteiger partial charge in [-0.1, -0.05) is 35.3 Å². The van der Waals surface area contributed by atoms with Crippen LogP contribution < -0.4 is 15.5 Å². The van der Waals surface area contributed by atoms with Crippen LogP contribution in [-0.2, 0) is 15.1 Å². The second kappa shape index (κ2) is 8.52. The second-order valence-corrected chi connectivity index (χ2v) is 8.18. The number of hydrazine groups is 1. The van der Waals surface area contributed by atoms with Crippen LogP contribution in [0.3, 0.4) is 0 Å². The van der Waals surface area contributed by atoms with Crippen molar-refractivity contribution in [3.63, 3.8) is 0 Å². The molecule has 1 atom stereocenters. The van der Waals surface area contributed by atoms with Gasteiger partial charge in [-0.15, -0.1) is 11.8 Å². The first-order valence-corrected chi connectivity index (χ1v) is 10.2. The lowest BCUT2D eigenvalue weighted by Crippen LogP contribution is -2.48. The van der Waals surface area contributed by atoms with E-state index in [9.17, 15) is 14.4 Å². The van der Waals surface area contributed by atoms with E-state index in [0.29, 0.717) is 31.3 Å². The SMILES string of the molecule is COc1ccc(C2(C)NC(=O)N(NC(=O)CSc3cc(Cl)ccc3Cl)C2=O)cc1. The molecule has 1 saturated heterocycles. The first kappa shape index (κ1) is 21.3. The molecule has 2 aromatic rings. The molecule has 1 aliphatic heterocycles. The Kier molecular flexibility index (Phi) is 6.26. The number of ether oxygens (including phenoxy) is 1. The third kappa shape index (κ3) is 4.44. The van der Waals surface area contributed by atoms with Gasteiger partial charge in [0.15, 0.2) is 0 Å². The summed E-state index contributed by atoms with van der Waals surface area (Å²) in [7, 11) is 1.53. The summed E-state index contributed by atoms with van der Waals surface area (Å²) in [5.74, 6) is -0.563. The lowest BCUT2D eigenvalue weighted by atomic mass is 9.92. The molecule has 29 heavy (non-hydrogen) atoms. The van der Waals surface area contributed by atoms with Crippen LogP contribution in [0.25, 0.3) is 0 Å². The van der Waals surface area contributed by atoms with Crippen molar-refractivity contribution < 1.29 is 19.1 Å². The number of hydrogen-bond donors (Lipinski definition) is 2.